The van der Waals surface area contributed by atoms with Gasteiger partial charge in [0, 0.05) is 5.92 Å². The van der Waals surface area contributed by atoms with E-state index in [2.05, 4.69) is 15.3 Å². The van der Waals surface area contributed by atoms with Gasteiger partial charge in [-0.3, -0.25) is 0 Å². The zero-order chi connectivity index (χ0) is 9.90. The van der Waals surface area contributed by atoms with Gasteiger partial charge in [-0.05, 0) is 12.8 Å². The van der Waals surface area contributed by atoms with E-state index in [0.717, 1.165) is 25.7 Å². The van der Waals surface area contributed by atoms with Crippen molar-refractivity contribution in [2.24, 2.45) is 5.92 Å². The highest BCUT2D eigenvalue weighted by atomic mass is 32.3. The van der Waals surface area contributed by atoms with Gasteiger partial charge in [0.2, 0.25) is 6.29 Å². The van der Waals surface area contributed by atoms with Crippen molar-refractivity contribution in [1.29, 1.82) is 0 Å². The zero-order valence-electron chi connectivity index (χ0n) is 8.02. The Labute approximate surface area is 79.6 Å². The molecule has 0 aliphatic carbocycles. The van der Waals surface area contributed by atoms with Crippen LogP contribution < -0.4 is 0 Å². The molecule has 1 aliphatic heterocycles. The van der Waals surface area contributed by atoms with E-state index >= 15 is 0 Å². The summed E-state index contributed by atoms with van der Waals surface area (Å²) in [6, 6.07) is 0. The molecule has 0 aromatic heterocycles. The van der Waals surface area contributed by atoms with Crippen molar-refractivity contribution < 1.29 is 16.8 Å². The highest BCUT2D eigenvalue weighted by Gasteiger charge is 2.40. The molecule has 1 atom stereocenters. The normalized spacial score (nSPS) is 23.8. The zero-order valence-corrected chi connectivity index (χ0v) is 8.84. The summed E-state index contributed by atoms with van der Waals surface area (Å²) in [7, 11) is -3.61. The van der Waals surface area contributed by atoms with E-state index in [0.29, 0.717) is 0 Å². The lowest BCUT2D eigenvalue weighted by Crippen LogP contribution is -2.41. The molecule has 1 saturated heterocycles. The third-order valence-electron chi connectivity index (χ3n) is 2.26. The van der Waals surface area contributed by atoms with Crippen molar-refractivity contribution in [2.75, 3.05) is 0 Å². The molecule has 0 saturated carbocycles. The van der Waals surface area contributed by atoms with E-state index in [-0.39, 0.29) is 5.92 Å². The first-order valence-corrected chi connectivity index (χ1v) is 6.04. The molecule has 1 heterocycles. The molecular formula is C8H16O4S. The summed E-state index contributed by atoms with van der Waals surface area (Å²) in [6.07, 6.45) is 3.52. The molecule has 1 unspecified atom stereocenters. The van der Waals surface area contributed by atoms with Gasteiger partial charge in [0.1, 0.15) is 0 Å². The maximum atomic E-state index is 10.5. The highest BCUT2D eigenvalue weighted by molar-refractivity contribution is 7.82. The van der Waals surface area contributed by atoms with E-state index in [9.17, 15) is 8.42 Å². The van der Waals surface area contributed by atoms with Crippen LogP contribution in [0, 0.1) is 5.92 Å². The Kier molecular flexibility index (Phi) is 3.70. The smallest absolute Gasteiger partial charge is 0.214 e. The van der Waals surface area contributed by atoms with Crippen molar-refractivity contribution >= 4 is 10.4 Å². The van der Waals surface area contributed by atoms with Crippen LogP contribution in [-0.4, -0.2) is 14.7 Å². The largest absolute Gasteiger partial charge is 0.405 e. The molecule has 0 N–H and O–H groups in total. The summed E-state index contributed by atoms with van der Waals surface area (Å²) in [6.45, 7) is 4.12. The first-order valence-electron chi connectivity index (χ1n) is 4.70. The van der Waals surface area contributed by atoms with Crippen LogP contribution in [0.2, 0.25) is 0 Å². The van der Waals surface area contributed by atoms with Crippen LogP contribution >= 0.6 is 0 Å². The maximum absolute atomic E-state index is 10.5. The van der Waals surface area contributed by atoms with Gasteiger partial charge in [-0.25, -0.2) is 8.37 Å². The summed E-state index contributed by atoms with van der Waals surface area (Å²) in [4.78, 5) is 0. The molecule has 1 aliphatic rings. The summed E-state index contributed by atoms with van der Waals surface area (Å²) >= 11 is 0. The summed E-state index contributed by atoms with van der Waals surface area (Å²) in [5.41, 5.74) is 0. The standard InChI is InChI=1S/C8H16O4S/c1-3-5-6-7(4-2)8-11-13(9,10)12-8/h7-8H,3-6H2,1-2H3. The second-order valence-corrected chi connectivity index (χ2v) is 4.48. The molecule has 4 nitrogen and oxygen atoms in total. The Balaban J connectivity index is 2.33. The van der Waals surface area contributed by atoms with Gasteiger partial charge in [-0.2, -0.15) is 8.42 Å². The van der Waals surface area contributed by atoms with Crippen LogP contribution in [0.4, 0.5) is 0 Å². The van der Waals surface area contributed by atoms with Gasteiger partial charge >= 0.3 is 10.4 Å². The van der Waals surface area contributed by atoms with Gasteiger partial charge in [0.25, 0.3) is 0 Å². The molecule has 0 spiro atoms. The Morgan fingerprint density at radius 3 is 2.31 bits per heavy atom. The van der Waals surface area contributed by atoms with Crippen molar-refractivity contribution in [3.05, 3.63) is 0 Å². The van der Waals surface area contributed by atoms with E-state index in [1.165, 1.54) is 0 Å². The number of rotatable bonds is 5. The first-order chi connectivity index (χ1) is 6.09. The topological polar surface area (TPSA) is 52.6 Å². The van der Waals surface area contributed by atoms with Crippen LogP contribution in [0.5, 0.6) is 0 Å². The van der Waals surface area contributed by atoms with Crippen LogP contribution in [-0.2, 0) is 18.8 Å². The predicted molar refractivity (Wildman–Crippen MR) is 48.2 cm³/mol. The summed E-state index contributed by atoms with van der Waals surface area (Å²) in [5, 5.41) is 0. The van der Waals surface area contributed by atoms with Crippen LogP contribution in [0.3, 0.4) is 0 Å². The molecule has 0 bridgehead atoms. The maximum Gasteiger partial charge on any atom is 0.405 e. The third-order valence-corrected chi connectivity index (χ3v) is 3.11. The molecular weight excluding hydrogens is 192 g/mol. The number of hydrogen-bond donors (Lipinski definition) is 0. The van der Waals surface area contributed by atoms with Gasteiger partial charge in [0.15, 0.2) is 0 Å². The summed E-state index contributed by atoms with van der Waals surface area (Å²) < 4.78 is 30.3. The first kappa shape index (κ1) is 10.9. The number of hydrogen-bond acceptors (Lipinski definition) is 4. The second-order valence-electron chi connectivity index (χ2n) is 3.28. The van der Waals surface area contributed by atoms with Crippen LogP contribution in [0.25, 0.3) is 0 Å². The lowest BCUT2D eigenvalue weighted by molar-refractivity contribution is -0.119. The molecule has 1 rings (SSSR count). The average Bonchev–Trinajstić information content (AvgIpc) is 2.02. The van der Waals surface area contributed by atoms with E-state index < -0.39 is 16.7 Å². The van der Waals surface area contributed by atoms with Gasteiger partial charge in [0.05, 0.1) is 0 Å². The lowest BCUT2D eigenvalue weighted by Gasteiger charge is -2.31. The second kappa shape index (κ2) is 4.39. The number of unbranched alkanes of at least 4 members (excludes halogenated alkanes) is 1. The molecule has 5 heteroatoms. The molecule has 0 radical (unpaired) electrons. The Morgan fingerprint density at radius 1 is 1.31 bits per heavy atom. The van der Waals surface area contributed by atoms with Gasteiger partial charge in [-0.15, -0.1) is 0 Å². The molecule has 0 aromatic rings. The molecule has 13 heavy (non-hydrogen) atoms. The third kappa shape index (κ3) is 2.93. The Hall–Kier alpha value is -0.130. The minimum atomic E-state index is -3.61. The van der Waals surface area contributed by atoms with Crippen molar-refractivity contribution in [3.63, 3.8) is 0 Å². The van der Waals surface area contributed by atoms with E-state index in [4.69, 9.17) is 0 Å². The van der Waals surface area contributed by atoms with Crippen molar-refractivity contribution in [3.8, 4) is 0 Å². The van der Waals surface area contributed by atoms with Crippen LogP contribution in [0.15, 0.2) is 0 Å². The van der Waals surface area contributed by atoms with E-state index in [1.54, 1.807) is 0 Å². The quantitative estimate of drug-likeness (QED) is 0.691. The van der Waals surface area contributed by atoms with E-state index in [1.807, 2.05) is 6.92 Å². The Bertz CT molecular complexity index is 235. The fourth-order valence-electron chi connectivity index (χ4n) is 1.40. The average molecular weight is 208 g/mol. The van der Waals surface area contributed by atoms with Crippen molar-refractivity contribution in [1.82, 2.24) is 0 Å². The fraction of sp³-hybridized carbons (Fsp3) is 1.00. The minimum Gasteiger partial charge on any atom is -0.214 e. The minimum absolute atomic E-state index is 0.212. The van der Waals surface area contributed by atoms with Crippen molar-refractivity contribution in [2.45, 2.75) is 45.8 Å². The fourth-order valence-corrected chi connectivity index (χ4v) is 2.19. The lowest BCUT2D eigenvalue weighted by atomic mass is 9.99. The predicted octanol–water partition coefficient (Wildman–Crippen LogP) is 1.82. The molecule has 1 fully saturated rings. The Morgan fingerprint density at radius 2 is 1.92 bits per heavy atom. The van der Waals surface area contributed by atoms with Crippen LogP contribution in [0.1, 0.15) is 39.5 Å². The SMILES string of the molecule is CCCCC(CC)C1OS(=O)(=O)O1. The summed E-state index contributed by atoms with van der Waals surface area (Å²) in [5.74, 6) is 0.212. The van der Waals surface area contributed by atoms with Gasteiger partial charge < -0.3 is 0 Å². The highest BCUT2D eigenvalue weighted by Crippen LogP contribution is 2.30. The van der Waals surface area contributed by atoms with Gasteiger partial charge in [-0.1, -0.05) is 26.7 Å². The monoisotopic (exact) mass is 208 g/mol. The molecule has 0 amide bonds. The molecule has 78 valence electrons. The molecule has 0 aromatic carbocycles.